The van der Waals surface area contributed by atoms with Crippen LogP contribution in [-0.2, 0) is 4.74 Å². The van der Waals surface area contributed by atoms with Crippen molar-refractivity contribution < 1.29 is 9.13 Å². The monoisotopic (exact) mass is 269 g/mol. The smallest absolute Gasteiger partial charge is 0.112 e. The maximum absolute atomic E-state index is 15.2. The van der Waals surface area contributed by atoms with E-state index < -0.39 is 5.67 Å². The molecule has 2 saturated heterocycles. The molecule has 3 rings (SSSR count). The first-order valence-corrected chi connectivity index (χ1v) is 8.16. The minimum absolute atomic E-state index is 0.0657. The van der Waals surface area contributed by atoms with Crippen molar-refractivity contribution in [1.29, 1.82) is 0 Å². The summed E-state index contributed by atoms with van der Waals surface area (Å²) < 4.78 is 21.1. The Balaban J connectivity index is 1.58. The van der Waals surface area contributed by atoms with Crippen LogP contribution in [0, 0.1) is 5.92 Å². The Morgan fingerprint density at radius 2 is 2.11 bits per heavy atom. The van der Waals surface area contributed by atoms with Gasteiger partial charge in [-0.1, -0.05) is 6.42 Å². The summed E-state index contributed by atoms with van der Waals surface area (Å²) in [5.41, 5.74) is -0.961. The van der Waals surface area contributed by atoms with Gasteiger partial charge in [0.15, 0.2) is 0 Å². The summed E-state index contributed by atoms with van der Waals surface area (Å²) in [4.78, 5) is 0. The minimum Gasteiger partial charge on any atom is -0.375 e. The van der Waals surface area contributed by atoms with E-state index in [2.05, 4.69) is 5.32 Å². The van der Waals surface area contributed by atoms with E-state index in [0.29, 0.717) is 12.5 Å². The lowest BCUT2D eigenvalue weighted by molar-refractivity contribution is -0.162. The number of rotatable bonds is 3. The first kappa shape index (κ1) is 13.8. The fraction of sp³-hybridized carbons (Fsp3) is 1.00. The van der Waals surface area contributed by atoms with Gasteiger partial charge in [-0.25, -0.2) is 4.39 Å². The van der Waals surface area contributed by atoms with Gasteiger partial charge in [0.25, 0.3) is 0 Å². The molecule has 3 atom stereocenters. The van der Waals surface area contributed by atoms with E-state index in [1.165, 1.54) is 19.3 Å². The molecule has 1 saturated carbocycles. The maximum atomic E-state index is 15.2. The van der Waals surface area contributed by atoms with Crippen LogP contribution in [-0.4, -0.2) is 30.5 Å². The lowest BCUT2D eigenvalue weighted by atomic mass is 9.67. The number of hydrogen-bond acceptors (Lipinski definition) is 2. The number of ether oxygens (including phenoxy) is 1. The second-order valence-electron chi connectivity index (χ2n) is 7.20. The Bertz CT molecular complexity index is 308. The molecule has 1 spiro atoms. The number of halogens is 1. The third-order valence-electron chi connectivity index (χ3n) is 5.67. The Labute approximate surface area is 116 Å². The van der Waals surface area contributed by atoms with E-state index >= 15 is 4.39 Å². The molecule has 110 valence electrons. The summed E-state index contributed by atoms with van der Waals surface area (Å²) in [6.45, 7) is 3.67. The van der Waals surface area contributed by atoms with Crippen LogP contribution in [0.5, 0.6) is 0 Å². The largest absolute Gasteiger partial charge is 0.375 e. The molecule has 2 heterocycles. The molecule has 0 bridgehead atoms. The van der Waals surface area contributed by atoms with Gasteiger partial charge in [-0.15, -0.1) is 0 Å². The second kappa shape index (κ2) is 5.33. The molecule has 0 aromatic carbocycles. The van der Waals surface area contributed by atoms with Crippen LogP contribution >= 0.6 is 0 Å². The molecule has 1 N–H and O–H groups in total. The molecule has 3 heteroatoms. The molecular weight excluding hydrogens is 241 g/mol. The molecule has 3 aliphatic rings. The number of alkyl halides is 1. The minimum atomic E-state index is -1.03. The Hall–Kier alpha value is -0.150. The summed E-state index contributed by atoms with van der Waals surface area (Å²) >= 11 is 0. The first-order valence-electron chi connectivity index (χ1n) is 8.16. The molecule has 19 heavy (non-hydrogen) atoms. The highest BCUT2D eigenvalue weighted by atomic mass is 19.1. The topological polar surface area (TPSA) is 21.3 Å². The summed E-state index contributed by atoms with van der Waals surface area (Å²) in [5.74, 6) is 0.199. The summed E-state index contributed by atoms with van der Waals surface area (Å²) in [7, 11) is 0. The molecule has 0 aromatic heterocycles. The van der Waals surface area contributed by atoms with Gasteiger partial charge in [-0.3, -0.25) is 0 Å². The van der Waals surface area contributed by atoms with E-state index in [1.54, 1.807) is 0 Å². The van der Waals surface area contributed by atoms with Crippen LogP contribution in [0.3, 0.4) is 0 Å². The first-order chi connectivity index (χ1) is 9.10. The standard InChI is InChI=1S/C16H28FNO/c1-15(17,12-14-5-2-3-9-18-14)13-6-10-19-16(11-13)7-4-8-16/h13-14,18H,2-12H2,1H3. The zero-order chi connectivity index (χ0) is 13.3. The molecule has 0 amide bonds. The fourth-order valence-electron chi connectivity index (χ4n) is 4.21. The van der Waals surface area contributed by atoms with Crippen LogP contribution in [0.1, 0.15) is 64.7 Å². The normalized spacial score (nSPS) is 37.6. The van der Waals surface area contributed by atoms with Crippen molar-refractivity contribution in [2.45, 2.75) is 82.0 Å². The highest BCUT2D eigenvalue weighted by molar-refractivity contribution is 4.99. The van der Waals surface area contributed by atoms with Gasteiger partial charge < -0.3 is 10.1 Å². The van der Waals surface area contributed by atoms with Gasteiger partial charge in [-0.2, -0.15) is 0 Å². The van der Waals surface area contributed by atoms with Gasteiger partial charge in [0.1, 0.15) is 5.67 Å². The number of hydrogen-bond donors (Lipinski definition) is 1. The van der Waals surface area contributed by atoms with Crippen molar-refractivity contribution in [3.05, 3.63) is 0 Å². The van der Waals surface area contributed by atoms with Crippen molar-refractivity contribution >= 4 is 0 Å². The van der Waals surface area contributed by atoms with Crippen molar-refractivity contribution in [2.75, 3.05) is 13.2 Å². The predicted molar refractivity (Wildman–Crippen MR) is 75.0 cm³/mol. The third kappa shape index (κ3) is 2.97. The van der Waals surface area contributed by atoms with E-state index in [0.717, 1.165) is 45.3 Å². The summed E-state index contributed by atoms with van der Waals surface area (Å²) in [6, 6.07) is 0.393. The van der Waals surface area contributed by atoms with Crippen molar-refractivity contribution in [3.8, 4) is 0 Å². The third-order valence-corrected chi connectivity index (χ3v) is 5.67. The van der Waals surface area contributed by atoms with Gasteiger partial charge in [-0.05, 0) is 70.8 Å². The van der Waals surface area contributed by atoms with Gasteiger partial charge in [0.2, 0.25) is 0 Å². The highest BCUT2D eigenvalue weighted by Crippen LogP contribution is 2.48. The number of nitrogens with one attached hydrogen (secondary N) is 1. The van der Waals surface area contributed by atoms with Crippen LogP contribution in [0.4, 0.5) is 4.39 Å². The van der Waals surface area contributed by atoms with Crippen molar-refractivity contribution in [1.82, 2.24) is 5.32 Å². The van der Waals surface area contributed by atoms with E-state index in [4.69, 9.17) is 4.74 Å². The second-order valence-corrected chi connectivity index (χ2v) is 7.20. The Morgan fingerprint density at radius 1 is 1.26 bits per heavy atom. The lowest BCUT2D eigenvalue weighted by Gasteiger charge is -2.50. The van der Waals surface area contributed by atoms with E-state index in [9.17, 15) is 0 Å². The fourth-order valence-corrected chi connectivity index (χ4v) is 4.21. The molecule has 2 aliphatic heterocycles. The van der Waals surface area contributed by atoms with E-state index in [1.807, 2.05) is 6.92 Å². The molecule has 0 radical (unpaired) electrons. The van der Waals surface area contributed by atoms with Gasteiger partial charge in [0, 0.05) is 12.6 Å². The number of piperidine rings is 1. The van der Waals surface area contributed by atoms with Crippen LogP contribution in [0.2, 0.25) is 0 Å². The molecule has 1 aliphatic carbocycles. The average molecular weight is 269 g/mol. The summed E-state index contributed by atoms with van der Waals surface area (Å²) in [6.07, 6.45) is 9.77. The van der Waals surface area contributed by atoms with Crippen molar-refractivity contribution in [2.24, 2.45) is 5.92 Å². The zero-order valence-electron chi connectivity index (χ0n) is 12.2. The maximum Gasteiger partial charge on any atom is 0.112 e. The van der Waals surface area contributed by atoms with Gasteiger partial charge in [0.05, 0.1) is 5.60 Å². The average Bonchev–Trinajstić information content (AvgIpc) is 2.38. The lowest BCUT2D eigenvalue weighted by Crippen LogP contribution is -2.51. The zero-order valence-corrected chi connectivity index (χ0v) is 12.2. The molecule has 0 aromatic rings. The molecule has 3 fully saturated rings. The van der Waals surface area contributed by atoms with Gasteiger partial charge >= 0.3 is 0 Å². The molecule has 2 nitrogen and oxygen atoms in total. The molecule has 3 unspecified atom stereocenters. The molecular formula is C16H28FNO. The highest BCUT2D eigenvalue weighted by Gasteiger charge is 2.48. The van der Waals surface area contributed by atoms with Crippen LogP contribution < -0.4 is 5.32 Å². The Morgan fingerprint density at radius 3 is 2.74 bits per heavy atom. The van der Waals surface area contributed by atoms with Crippen LogP contribution in [0.15, 0.2) is 0 Å². The van der Waals surface area contributed by atoms with E-state index in [-0.39, 0.29) is 11.5 Å². The quantitative estimate of drug-likeness (QED) is 0.845. The van der Waals surface area contributed by atoms with Crippen molar-refractivity contribution in [3.63, 3.8) is 0 Å². The predicted octanol–water partition coefficient (Wildman–Crippen LogP) is 3.60. The van der Waals surface area contributed by atoms with Crippen LogP contribution in [0.25, 0.3) is 0 Å². The SMILES string of the molecule is CC(F)(CC1CCCCN1)C1CCOC2(CCC2)C1. The summed E-state index contributed by atoms with van der Waals surface area (Å²) in [5, 5.41) is 3.49. The Kier molecular flexibility index (Phi) is 3.87.